The third-order valence-electron chi connectivity index (χ3n) is 4.46. The Morgan fingerprint density at radius 1 is 1.43 bits per heavy atom. The van der Waals surface area contributed by atoms with Gasteiger partial charge in [0, 0.05) is 25.0 Å². The molecule has 108 valence electrons. The van der Waals surface area contributed by atoms with Crippen LogP contribution in [-0.2, 0) is 4.79 Å². The van der Waals surface area contributed by atoms with E-state index in [2.05, 4.69) is 21.9 Å². The van der Waals surface area contributed by atoms with Crippen molar-refractivity contribution < 1.29 is 9.21 Å². The lowest BCUT2D eigenvalue weighted by Crippen LogP contribution is -2.46. The molecule has 4 heterocycles. The minimum atomic E-state index is -0.338. The molecule has 0 radical (unpaired) electrons. The molecule has 2 aromatic rings. The maximum atomic E-state index is 12.3. The van der Waals surface area contributed by atoms with Crippen molar-refractivity contribution in [2.45, 2.75) is 19.3 Å². The van der Waals surface area contributed by atoms with E-state index in [1.165, 1.54) is 0 Å². The molecule has 0 aromatic carbocycles. The van der Waals surface area contributed by atoms with Crippen molar-refractivity contribution in [1.29, 1.82) is 0 Å². The molecule has 1 unspecified atom stereocenters. The SMILES string of the molecule is C=C1CCC2(CCN(c3nc4ncccc4o3)C2)C(=O)N1. The molecule has 2 saturated heterocycles. The second-order valence-electron chi connectivity index (χ2n) is 5.83. The number of allylic oxidation sites excluding steroid dienone is 1. The summed E-state index contributed by atoms with van der Waals surface area (Å²) in [5.41, 5.74) is 1.76. The highest BCUT2D eigenvalue weighted by Crippen LogP contribution is 2.40. The first kappa shape index (κ1) is 12.4. The highest BCUT2D eigenvalue weighted by molar-refractivity contribution is 5.86. The lowest BCUT2D eigenvalue weighted by Gasteiger charge is -2.32. The van der Waals surface area contributed by atoms with Gasteiger partial charge in [-0.25, -0.2) is 4.98 Å². The number of hydrogen-bond donors (Lipinski definition) is 1. The van der Waals surface area contributed by atoms with E-state index in [1.54, 1.807) is 6.20 Å². The van der Waals surface area contributed by atoms with Crippen LogP contribution < -0.4 is 10.2 Å². The average molecular weight is 284 g/mol. The van der Waals surface area contributed by atoms with Gasteiger partial charge in [-0.15, -0.1) is 0 Å². The van der Waals surface area contributed by atoms with Crippen LogP contribution in [0.3, 0.4) is 0 Å². The van der Waals surface area contributed by atoms with Crippen LogP contribution in [0.2, 0.25) is 0 Å². The minimum Gasteiger partial charge on any atom is -0.422 e. The normalized spacial score (nSPS) is 25.8. The first-order valence-corrected chi connectivity index (χ1v) is 7.12. The van der Waals surface area contributed by atoms with Gasteiger partial charge in [0.25, 0.3) is 6.01 Å². The van der Waals surface area contributed by atoms with E-state index in [0.717, 1.165) is 31.5 Å². The van der Waals surface area contributed by atoms with Gasteiger partial charge in [-0.3, -0.25) is 4.79 Å². The van der Waals surface area contributed by atoms with Crippen LogP contribution in [0.15, 0.2) is 35.0 Å². The summed E-state index contributed by atoms with van der Waals surface area (Å²) in [6, 6.07) is 4.23. The van der Waals surface area contributed by atoms with E-state index in [0.29, 0.717) is 23.8 Å². The Morgan fingerprint density at radius 2 is 2.33 bits per heavy atom. The first-order valence-electron chi connectivity index (χ1n) is 7.12. The Kier molecular flexibility index (Phi) is 2.54. The van der Waals surface area contributed by atoms with Crippen molar-refractivity contribution in [3.8, 4) is 0 Å². The van der Waals surface area contributed by atoms with E-state index >= 15 is 0 Å². The van der Waals surface area contributed by atoms with Gasteiger partial charge >= 0.3 is 0 Å². The number of carbonyl (C=O) groups excluding carboxylic acids is 1. The Labute approximate surface area is 121 Å². The lowest BCUT2D eigenvalue weighted by atomic mass is 9.78. The predicted molar refractivity (Wildman–Crippen MR) is 77.6 cm³/mol. The number of amides is 1. The van der Waals surface area contributed by atoms with Crippen molar-refractivity contribution in [1.82, 2.24) is 15.3 Å². The van der Waals surface area contributed by atoms with Crippen LogP contribution in [0.4, 0.5) is 6.01 Å². The van der Waals surface area contributed by atoms with Crippen molar-refractivity contribution >= 4 is 23.2 Å². The van der Waals surface area contributed by atoms with E-state index in [9.17, 15) is 4.79 Å². The minimum absolute atomic E-state index is 0.0792. The van der Waals surface area contributed by atoms with Crippen molar-refractivity contribution in [2.75, 3.05) is 18.0 Å². The second-order valence-corrected chi connectivity index (χ2v) is 5.83. The van der Waals surface area contributed by atoms with Gasteiger partial charge in [0.15, 0.2) is 5.58 Å². The second kappa shape index (κ2) is 4.31. The molecule has 2 aliphatic heterocycles. The summed E-state index contributed by atoms with van der Waals surface area (Å²) in [5.74, 6) is 0.0792. The summed E-state index contributed by atoms with van der Waals surface area (Å²) in [6.45, 7) is 5.25. The molecular formula is C15H16N4O2. The number of hydrogen-bond acceptors (Lipinski definition) is 5. The molecule has 0 aliphatic carbocycles. The number of fused-ring (bicyclic) bond motifs is 1. The van der Waals surface area contributed by atoms with Gasteiger partial charge in [-0.05, 0) is 31.4 Å². The molecular weight excluding hydrogens is 268 g/mol. The van der Waals surface area contributed by atoms with Crippen molar-refractivity contribution in [2.24, 2.45) is 5.41 Å². The molecule has 4 rings (SSSR count). The number of nitrogens with zero attached hydrogens (tertiary/aromatic N) is 3. The van der Waals surface area contributed by atoms with Gasteiger partial charge in [0.1, 0.15) is 0 Å². The Hall–Kier alpha value is -2.37. The van der Waals surface area contributed by atoms with Crippen LogP contribution in [0.25, 0.3) is 11.2 Å². The summed E-state index contributed by atoms with van der Waals surface area (Å²) >= 11 is 0. The van der Waals surface area contributed by atoms with E-state index in [4.69, 9.17) is 4.42 Å². The molecule has 0 saturated carbocycles. The molecule has 6 nitrogen and oxygen atoms in total. The largest absolute Gasteiger partial charge is 0.422 e. The summed E-state index contributed by atoms with van der Waals surface area (Å²) < 4.78 is 5.75. The number of oxazole rings is 1. The molecule has 1 amide bonds. The Balaban J connectivity index is 1.61. The average Bonchev–Trinajstić information content (AvgIpc) is 3.08. The smallest absolute Gasteiger partial charge is 0.299 e. The molecule has 6 heteroatoms. The van der Waals surface area contributed by atoms with Crippen LogP contribution in [0.1, 0.15) is 19.3 Å². The predicted octanol–water partition coefficient (Wildman–Crippen LogP) is 1.84. The summed E-state index contributed by atoms with van der Waals surface area (Å²) in [4.78, 5) is 22.9. The molecule has 2 fully saturated rings. The fourth-order valence-corrected chi connectivity index (χ4v) is 3.18. The Bertz CT molecular complexity index is 705. The topological polar surface area (TPSA) is 71.3 Å². The standard InChI is InChI=1S/C15H16N4O2/c1-10-4-5-15(13(20)17-10)6-8-19(9-15)14-18-12-11(21-14)3-2-7-16-12/h2-3,7H,1,4-6,8-9H2,(H,17,20). The van der Waals surface area contributed by atoms with Gasteiger partial charge in [0.05, 0.1) is 5.41 Å². The number of pyridine rings is 1. The number of aromatic nitrogens is 2. The summed E-state index contributed by atoms with van der Waals surface area (Å²) in [5, 5.41) is 2.89. The zero-order valence-electron chi connectivity index (χ0n) is 11.6. The number of carbonyl (C=O) groups is 1. The Morgan fingerprint density at radius 3 is 3.14 bits per heavy atom. The zero-order valence-corrected chi connectivity index (χ0v) is 11.6. The fourth-order valence-electron chi connectivity index (χ4n) is 3.18. The van der Waals surface area contributed by atoms with Gasteiger partial charge < -0.3 is 14.6 Å². The van der Waals surface area contributed by atoms with Crippen molar-refractivity contribution in [3.63, 3.8) is 0 Å². The molecule has 1 spiro atoms. The highest BCUT2D eigenvalue weighted by atomic mass is 16.4. The zero-order chi connectivity index (χ0) is 14.4. The molecule has 2 aliphatic rings. The summed E-state index contributed by atoms with van der Waals surface area (Å²) in [6.07, 6.45) is 4.19. The van der Waals surface area contributed by atoms with Crippen LogP contribution in [-0.4, -0.2) is 29.0 Å². The molecule has 1 atom stereocenters. The molecule has 1 N–H and O–H groups in total. The lowest BCUT2D eigenvalue weighted by molar-refractivity contribution is -0.131. The molecule has 2 aromatic heterocycles. The number of piperidine rings is 1. The van der Waals surface area contributed by atoms with Crippen LogP contribution in [0, 0.1) is 5.41 Å². The molecule has 0 bridgehead atoms. The maximum Gasteiger partial charge on any atom is 0.299 e. The van der Waals surface area contributed by atoms with E-state index < -0.39 is 0 Å². The molecule has 21 heavy (non-hydrogen) atoms. The fraction of sp³-hybridized carbons (Fsp3) is 0.400. The quantitative estimate of drug-likeness (QED) is 0.865. The third kappa shape index (κ3) is 1.90. The highest BCUT2D eigenvalue weighted by Gasteiger charge is 2.47. The number of rotatable bonds is 1. The van der Waals surface area contributed by atoms with Gasteiger partial charge in [0.2, 0.25) is 11.6 Å². The first-order chi connectivity index (χ1) is 10.2. The monoisotopic (exact) mass is 284 g/mol. The van der Waals surface area contributed by atoms with Crippen LogP contribution in [0.5, 0.6) is 0 Å². The third-order valence-corrected chi connectivity index (χ3v) is 4.46. The maximum absolute atomic E-state index is 12.3. The summed E-state index contributed by atoms with van der Waals surface area (Å²) in [7, 11) is 0. The van der Waals surface area contributed by atoms with Gasteiger partial charge in [-0.2, -0.15) is 4.98 Å². The van der Waals surface area contributed by atoms with Gasteiger partial charge in [-0.1, -0.05) is 6.58 Å². The van der Waals surface area contributed by atoms with Crippen molar-refractivity contribution in [3.05, 3.63) is 30.6 Å². The number of nitrogens with one attached hydrogen (secondary N) is 1. The number of anilines is 1. The van der Waals surface area contributed by atoms with Crippen LogP contribution >= 0.6 is 0 Å². The van der Waals surface area contributed by atoms with E-state index in [1.807, 2.05) is 17.0 Å². The van der Waals surface area contributed by atoms with E-state index in [-0.39, 0.29) is 11.3 Å².